The van der Waals surface area contributed by atoms with Crippen LogP contribution in [-0.2, 0) is 17.6 Å². The van der Waals surface area contributed by atoms with Crippen molar-refractivity contribution in [2.24, 2.45) is 0 Å². The molecule has 172 valence electrons. The minimum absolute atomic E-state index is 0.0208. The van der Waals surface area contributed by atoms with Crippen molar-refractivity contribution in [2.75, 3.05) is 0 Å². The Morgan fingerprint density at radius 3 is 2.24 bits per heavy atom. The molecule has 8 heteroatoms. The van der Waals surface area contributed by atoms with Crippen molar-refractivity contribution >= 4 is 0 Å². The van der Waals surface area contributed by atoms with Crippen LogP contribution in [0.4, 0.5) is 0 Å². The van der Waals surface area contributed by atoms with E-state index in [0.29, 0.717) is 23.3 Å². The lowest BCUT2D eigenvalue weighted by atomic mass is 9.93. The van der Waals surface area contributed by atoms with E-state index in [9.17, 15) is 30.6 Å². The van der Waals surface area contributed by atoms with Gasteiger partial charge in [0.15, 0.2) is 29.6 Å². The van der Waals surface area contributed by atoms with E-state index in [4.69, 9.17) is 9.47 Å². The largest absolute Gasteiger partial charge is 0.508 e. The Hall–Kier alpha value is -3.88. The van der Waals surface area contributed by atoms with Crippen molar-refractivity contribution in [3.63, 3.8) is 0 Å². The van der Waals surface area contributed by atoms with Gasteiger partial charge in [0, 0.05) is 23.1 Å². The Bertz CT molecular complexity index is 1140. The highest BCUT2D eigenvalue weighted by Gasteiger charge is 2.35. The molecule has 0 bridgehead atoms. The Morgan fingerprint density at radius 1 is 0.970 bits per heavy atom. The molecule has 0 fully saturated rings. The van der Waals surface area contributed by atoms with Crippen LogP contribution >= 0.6 is 0 Å². The van der Waals surface area contributed by atoms with Gasteiger partial charge in [0.25, 0.3) is 0 Å². The molecule has 0 saturated heterocycles. The maximum absolute atomic E-state index is 10.7. The summed E-state index contributed by atoms with van der Waals surface area (Å²) >= 11 is 0. The van der Waals surface area contributed by atoms with Crippen LogP contribution in [0.15, 0.2) is 61.2 Å². The molecule has 1 aliphatic heterocycles. The zero-order chi connectivity index (χ0) is 23.7. The topological polar surface area (TPSA) is 140 Å². The fraction of sp³-hybridized carbons (Fsp3) is 0.200. The number of allylic oxidation sites excluding steroid dienone is 1. The molecule has 0 saturated carbocycles. The van der Waals surface area contributed by atoms with Crippen molar-refractivity contribution in [1.29, 1.82) is 0 Å². The molecule has 1 unspecified atom stereocenters. The van der Waals surface area contributed by atoms with E-state index in [0.717, 1.165) is 17.7 Å². The SMILES string of the molecule is C=CCc1c(O)cc([C@H]2Oc3ccccc3C[C@H]2OC(O)c2cc(O)c(O)c(O)c2)cc1O. The van der Waals surface area contributed by atoms with Gasteiger partial charge < -0.3 is 40.1 Å². The molecule has 1 aliphatic rings. The number of rotatable bonds is 6. The highest BCUT2D eigenvalue weighted by molar-refractivity contribution is 5.52. The van der Waals surface area contributed by atoms with Gasteiger partial charge in [0.05, 0.1) is 0 Å². The van der Waals surface area contributed by atoms with E-state index in [1.54, 1.807) is 12.1 Å². The van der Waals surface area contributed by atoms with E-state index in [-0.39, 0.29) is 23.5 Å². The van der Waals surface area contributed by atoms with Gasteiger partial charge >= 0.3 is 0 Å². The predicted molar refractivity (Wildman–Crippen MR) is 118 cm³/mol. The normalized spacial score (nSPS) is 18.2. The van der Waals surface area contributed by atoms with Crippen LogP contribution in [0.3, 0.4) is 0 Å². The smallest absolute Gasteiger partial charge is 0.200 e. The van der Waals surface area contributed by atoms with Crippen LogP contribution in [0.5, 0.6) is 34.5 Å². The lowest BCUT2D eigenvalue weighted by Crippen LogP contribution is -2.34. The number of phenolic OH excluding ortho intramolecular Hbond substituents is 5. The van der Waals surface area contributed by atoms with Crippen molar-refractivity contribution in [1.82, 2.24) is 0 Å². The van der Waals surface area contributed by atoms with Crippen molar-refractivity contribution < 1.29 is 40.1 Å². The number of aromatic hydroxyl groups is 5. The molecular weight excluding hydrogens is 428 g/mol. The molecule has 0 radical (unpaired) electrons. The number of aliphatic hydroxyl groups is 1. The van der Waals surface area contributed by atoms with Gasteiger partial charge in [-0.2, -0.15) is 0 Å². The molecule has 0 spiro atoms. The quantitative estimate of drug-likeness (QED) is 0.189. The number of phenols is 5. The number of para-hydroxylation sites is 1. The summed E-state index contributed by atoms with van der Waals surface area (Å²) in [6, 6.07) is 12.4. The molecular formula is C25H24O8. The van der Waals surface area contributed by atoms with Gasteiger partial charge in [-0.05, 0) is 42.3 Å². The van der Waals surface area contributed by atoms with Crippen LogP contribution in [-0.4, -0.2) is 36.7 Å². The zero-order valence-electron chi connectivity index (χ0n) is 17.5. The lowest BCUT2D eigenvalue weighted by molar-refractivity contribution is -0.169. The molecule has 0 amide bonds. The Morgan fingerprint density at radius 2 is 1.61 bits per heavy atom. The maximum atomic E-state index is 10.7. The highest BCUT2D eigenvalue weighted by atomic mass is 16.6. The summed E-state index contributed by atoms with van der Waals surface area (Å²) in [7, 11) is 0. The van der Waals surface area contributed by atoms with E-state index in [2.05, 4.69) is 6.58 Å². The maximum Gasteiger partial charge on any atom is 0.200 e. The third kappa shape index (κ3) is 4.39. The molecule has 6 N–H and O–H groups in total. The molecule has 0 aromatic heterocycles. The predicted octanol–water partition coefficient (Wildman–Crippen LogP) is 3.70. The monoisotopic (exact) mass is 452 g/mol. The number of hydrogen-bond acceptors (Lipinski definition) is 8. The summed E-state index contributed by atoms with van der Waals surface area (Å²) in [6.07, 6.45) is -0.971. The molecule has 4 rings (SSSR count). The molecule has 33 heavy (non-hydrogen) atoms. The Balaban J connectivity index is 1.69. The summed E-state index contributed by atoms with van der Waals surface area (Å²) in [4.78, 5) is 0. The van der Waals surface area contributed by atoms with Gasteiger partial charge in [-0.15, -0.1) is 6.58 Å². The number of fused-ring (bicyclic) bond motifs is 1. The first-order valence-electron chi connectivity index (χ1n) is 10.3. The summed E-state index contributed by atoms with van der Waals surface area (Å²) < 4.78 is 12.0. The summed E-state index contributed by atoms with van der Waals surface area (Å²) in [5, 5.41) is 60.6. The standard InChI is InChI=1S/C25H24O8/c1-2-5-16-17(26)8-14(9-18(16)27)24-22(12-13-6-3-4-7-21(13)32-24)33-25(31)15-10-19(28)23(30)20(29)11-15/h2-4,6-11,22,24-31H,1,5,12H2/t22-,24-,25?/m1/s1. The number of benzene rings is 3. The average Bonchev–Trinajstić information content (AvgIpc) is 2.78. The Kier molecular flexibility index (Phi) is 6.04. The van der Waals surface area contributed by atoms with E-state index in [1.165, 1.54) is 12.1 Å². The summed E-state index contributed by atoms with van der Waals surface area (Å²) in [5.74, 6) is -1.57. The summed E-state index contributed by atoms with van der Waals surface area (Å²) in [6.45, 7) is 3.62. The number of hydrogen-bond donors (Lipinski definition) is 6. The minimum Gasteiger partial charge on any atom is -0.508 e. The summed E-state index contributed by atoms with van der Waals surface area (Å²) in [5.41, 5.74) is 1.62. The zero-order valence-corrected chi connectivity index (χ0v) is 17.5. The van der Waals surface area contributed by atoms with Crippen LogP contribution in [0.1, 0.15) is 34.6 Å². The Labute approximate surface area is 189 Å². The van der Waals surface area contributed by atoms with Crippen LogP contribution in [0.25, 0.3) is 0 Å². The van der Waals surface area contributed by atoms with Gasteiger partial charge in [0.2, 0.25) is 0 Å². The molecule has 0 aliphatic carbocycles. The number of ether oxygens (including phenoxy) is 2. The van der Waals surface area contributed by atoms with Crippen LogP contribution < -0.4 is 4.74 Å². The van der Waals surface area contributed by atoms with Gasteiger partial charge in [-0.3, -0.25) is 0 Å². The van der Waals surface area contributed by atoms with Crippen LogP contribution in [0.2, 0.25) is 0 Å². The van der Waals surface area contributed by atoms with Gasteiger partial charge in [0.1, 0.15) is 23.4 Å². The van der Waals surface area contributed by atoms with Crippen molar-refractivity contribution in [3.8, 4) is 34.5 Å². The second kappa shape index (κ2) is 8.93. The highest BCUT2D eigenvalue weighted by Crippen LogP contribution is 2.42. The van der Waals surface area contributed by atoms with Crippen LogP contribution in [0, 0.1) is 0 Å². The second-order valence-electron chi connectivity index (χ2n) is 7.82. The minimum atomic E-state index is -1.58. The second-order valence-corrected chi connectivity index (χ2v) is 7.82. The first-order valence-corrected chi connectivity index (χ1v) is 10.3. The average molecular weight is 452 g/mol. The molecule has 1 heterocycles. The van der Waals surface area contributed by atoms with Crippen molar-refractivity contribution in [3.05, 3.63) is 83.4 Å². The van der Waals surface area contributed by atoms with E-state index < -0.39 is 35.7 Å². The first kappa shape index (κ1) is 22.3. The molecule has 3 atom stereocenters. The molecule has 8 nitrogen and oxygen atoms in total. The number of aliphatic hydroxyl groups excluding tert-OH is 1. The first-order chi connectivity index (χ1) is 15.8. The van der Waals surface area contributed by atoms with Gasteiger partial charge in [-0.25, -0.2) is 0 Å². The van der Waals surface area contributed by atoms with Crippen molar-refractivity contribution in [2.45, 2.75) is 31.3 Å². The third-order valence-corrected chi connectivity index (χ3v) is 5.57. The van der Waals surface area contributed by atoms with Gasteiger partial charge in [-0.1, -0.05) is 24.3 Å². The fourth-order valence-electron chi connectivity index (χ4n) is 3.92. The molecule has 3 aromatic carbocycles. The van der Waals surface area contributed by atoms with E-state index >= 15 is 0 Å². The third-order valence-electron chi connectivity index (χ3n) is 5.57. The molecule has 3 aromatic rings. The lowest BCUT2D eigenvalue weighted by Gasteiger charge is -2.35. The van der Waals surface area contributed by atoms with E-state index in [1.807, 2.05) is 18.2 Å². The fourth-order valence-corrected chi connectivity index (χ4v) is 3.92.